The van der Waals surface area contributed by atoms with Crippen LogP contribution in [0.2, 0.25) is 0 Å². The molecular formula is C18H21N3O2. The molecule has 3 aromatic rings. The fourth-order valence-corrected chi connectivity index (χ4v) is 2.42. The summed E-state index contributed by atoms with van der Waals surface area (Å²) in [6.07, 6.45) is 3.54. The molecule has 0 bridgehead atoms. The number of furan rings is 1. The second-order valence-corrected chi connectivity index (χ2v) is 5.58. The lowest BCUT2D eigenvalue weighted by Crippen LogP contribution is -2.17. The van der Waals surface area contributed by atoms with Gasteiger partial charge in [-0.2, -0.15) is 4.98 Å². The molecule has 0 aliphatic rings. The average molecular weight is 311 g/mol. The summed E-state index contributed by atoms with van der Waals surface area (Å²) in [4.78, 5) is 4.43. The second kappa shape index (κ2) is 7.24. The zero-order chi connectivity index (χ0) is 16.1. The van der Waals surface area contributed by atoms with Crippen LogP contribution in [0.25, 0.3) is 11.5 Å². The van der Waals surface area contributed by atoms with Crippen molar-refractivity contribution >= 4 is 0 Å². The van der Waals surface area contributed by atoms with Crippen LogP contribution in [0, 0.1) is 0 Å². The topological polar surface area (TPSA) is 64.1 Å². The smallest absolute Gasteiger partial charge is 0.257 e. The third-order valence-corrected chi connectivity index (χ3v) is 3.70. The number of aryl methyl sites for hydroxylation is 1. The maximum absolute atomic E-state index is 5.41. The van der Waals surface area contributed by atoms with Gasteiger partial charge >= 0.3 is 0 Å². The van der Waals surface area contributed by atoms with Gasteiger partial charge in [0.15, 0.2) is 5.82 Å². The lowest BCUT2D eigenvalue weighted by molar-refractivity contribution is 0.421. The molecule has 0 saturated carbocycles. The predicted molar refractivity (Wildman–Crippen MR) is 87.7 cm³/mol. The van der Waals surface area contributed by atoms with E-state index < -0.39 is 0 Å². The van der Waals surface area contributed by atoms with Crippen molar-refractivity contribution in [1.29, 1.82) is 0 Å². The van der Waals surface area contributed by atoms with E-state index in [0.29, 0.717) is 5.89 Å². The predicted octanol–water partition coefficient (Wildman–Crippen LogP) is 4.13. The van der Waals surface area contributed by atoms with Gasteiger partial charge in [0.05, 0.1) is 12.3 Å². The van der Waals surface area contributed by atoms with E-state index in [9.17, 15) is 0 Å². The minimum Gasteiger partial charge on any atom is -0.468 e. The molecule has 3 rings (SSSR count). The Kier molecular flexibility index (Phi) is 4.88. The maximum Gasteiger partial charge on any atom is 0.257 e. The molecule has 0 spiro atoms. The van der Waals surface area contributed by atoms with Crippen molar-refractivity contribution in [2.24, 2.45) is 0 Å². The molecule has 120 valence electrons. The highest BCUT2D eigenvalue weighted by Crippen LogP contribution is 2.20. The molecular weight excluding hydrogens is 290 g/mol. The Morgan fingerprint density at radius 3 is 2.91 bits per heavy atom. The van der Waals surface area contributed by atoms with Crippen molar-refractivity contribution < 1.29 is 8.94 Å². The SMILES string of the molecule is CCCc1noc(-c2cccc(CN[C@@H](C)c3ccco3)c2)n1. The molecule has 0 saturated heterocycles. The van der Waals surface area contributed by atoms with Crippen LogP contribution in [0.3, 0.4) is 0 Å². The Morgan fingerprint density at radius 1 is 1.22 bits per heavy atom. The Balaban J connectivity index is 1.67. The molecule has 5 nitrogen and oxygen atoms in total. The number of aromatic nitrogens is 2. The van der Waals surface area contributed by atoms with Crippen LogP contribution in [0.1, 0.15) is 43.5 Å². The van der Waals surface area contributed by atoms with Gasteiger partial charge in [-0.3, -0.25) is 0 Å². The number of nitrogens with one attached hydrogen (secondary N) is 1. The molecule has 5 heteroatoms. The van der Waals surface area contributed by atoms with Gasteiger partial charge in [-0.15, -0.1) is 0 Å². The van der Waals surface area contributed by atoms with E-state index in [1.165, 1.54) is 0 Å². The molecule has 2 aromatic heterocycles. The molecule has 2 heterocycles. The quantitative estimate of drug-likeness (QED) is 0.710. The number of rotatable bonds is 7. The van der Waals surface area contributed by atoms with Crippen molar-refractivity contribution in [3.63, 3.8) is 0 Å². The lowest BCUT2D eigenvalue weighted by Gasteiger charge is -2.11. The van der Waals surface area contributed by atoms with E-state index in [-0.39, 0.29) is 6.04 Å². The van der Waals surface area contributed by atoms with Crippen LogP contribution in [-0.2, 0) is 13.0 Å². The number of nitrogens with zero attached hydrogens (tertiary/aromatic N) is 2. The summed E-state index contributed by atoms with van der Waals surface area (Å²) in [5, 5.41) is 7.45. The third kappa shape index (κ3) is 3.87. The van der Waals surface area contributed by atoms with E-state index >= 15 is 0 Å². The summed E-state index contributed by atoms with van der Waals surface area (Å²) < 4.78 is 10.8. The fraction of sp³-hybridized carbons (Fsp3) is 0.333. The van der Waals surface area contributed by atoms with Crippen molar-refractivity contribution in [3.05, 3.63) is 59.8 Å². The van der Waals surface area contributed by atoms with Gasteiger partial charge < -0.3 is 14.3 Å². The molecule has 0 radical (unpaired) electrons. The number of benzene rings is 1. The number of hydrogen-bond acceptors (Lipinski definition) is 5. The Hall–Kier alpha value is -2.40. The van der Waals surface area contributed by atoms with Crippen molar-refractivity contribution in [3.8, 4) is 11.5 Å². The molecule has 0 aliphatic carbocycles. The van der Waals surface area contributed by atoms with Gasteiger partial charge in [-0.1, -0.05) is 24.2 Å². The largest absolute Gasteiger partial charge is 0.468 e. The molecule has 0 unspecified atom stereocenters. The minimum atomic E-state index is 0.160. The Bertz CT molecular complexity index is 734. The number of hydrogen-bond donors (Lipinski definition) is 1. The van der Waals surface area contributed by atoms with Gasteiger partial charge in [0.1, 0.15) is 5.76 Å². The summed E-state index contributed by atoms with van der Waals surface area (Å²) in [7, 11) is 0. The first-order valence-corrected chi connectivity index (χ1v) is 7.95. The standard InChI is InChI=1S/C18H21N3O2/c1-3-6-17-20-18(23-21-17)15-8-4-7-14(11-15)12-19-13(2)16-9-5-10-22-16/h4-5,7-11,13,19H,3,6,12H2,1-2H3/t13-/m0/s1. The summed E-state index contributed by atoms with van der Waals surface area (Å²) in [6, 6.07) is 12.2. The van der Waals surface area contributed by atoms with Crippen LogP contribution >= 0.6 is 0 Å². The van der Waals surface area contributed by atoms with Crippen LogP contribution in [0.5, 0.6) is 0 Å². The highest BCUT2D eigenvalue weighted by Gasteiger charge is 2.10. The van der Waals surface area contributed by atoms with Gasteiger partial charge in [0.25, 0.3) is 5.89 Å². The van der Waals surface area contributed by atoms with Gasteiger partial charge in [-0.25, -0.2) is 0 Å². The van der Waals surface area contributed by atoms with Crippen LogP contribution in [0.4, 0.5) is 0 Å². The summed E-state index contributed by atoms with van der Waals surface area (Å²) >= 11 is 0. The summed E-state index contributed by atoms with van der Waals surface area (Å²) in [5.41, 5.74) is 2.11. The summed E-state index contributed by atoms with van der Waals surface area (Å²) in [6.45, 7) is 4.92. The van der Waals surface area contributed by atoms with Crippen LogP contribution < -0.4 is 5.32 Å². The van der Waals surface area contributed by atoms with Gasteiger partial charge in [0, 0.05) is 18.5 Å². The Morgan fingerprint density at radius 2 is 2.13 bits per heavy atom. The van der Waals surface area contributed by atoms with Gasteiger partial charge in [0.2, 0.25) is 0 Å². The summed E-state index contributed by atoms with van der Waals surface area (Å²) in [5.74, 6) is 2.27. The molecule has 1 atom stereocenters. The van der Waals surface area contributed by atoms with E-state index in [2.05, 4.69) is 41.4 Å². The van der Waals surface area contributed by atoms with E-state index in [0.717, 1.165) is 42.1 Å². The monoisotopic (exact) mass is 311 g/mol. The van der Waals surface area contributed by atoms with E-state index in [1.54, 1.807) is 6.26 Å². The molecule has 0 fully saturated rings. The highest BCUT2D eigenvalue weighted by atomic mass is 16.5. The van der Waals surface area contributed by atoms with Crippen molar-refractivity contribution in [1.82, 2.24) is 15.5 Å². The fourth-order valence-electron chi connectivity index (χ4n) is 2.42. The zero-order valence-corrected chi connectivity index (χ0v) is 13.5. The first kappa shape index (κ1) is 15.5. The normalized spacial score (nSPS) is 12.4. The van der Waals surface area contributed by atoms with Gasteiger partial charge in [-0.05, 0) is 43.2 Å². The zero-order valence-electron chi connectivity index (χ0n) is 13.5. The highest BCUT2D eigenvalue weighted by molar-refractivity contribution is 5.54. The van der Waals surface area contributed by atoms with Crippen molar-refractivity contribution in [2.75, 3.05) is 0 Å². The molecule has 0 aliphatic heterocycles. The average Bonchev–Trinajstić information content (AvgIpc) is 3.25. The molecule has 23 heavy (non-hydrogen) atoms. The Labute approximate surface area is 135 Å². The first-order valence-electron chi connectivity index (χ1n) is 7.95. The minimum absolute atomic E-state index is 0.160. The van der Waals surface area contributed by atoms with E-state index in [1.807, 2.05) is 24.3 Å². The molecule has 1 N–H and O–H groups in total. The van der Waals surface area contributed by atoms with Crippen LogP contribution in [-0.4, -0.2) is 10.1 Å². The molecule has 1 aromatic carbocycles. The maximum atomic E-state index is 5.41. The van der Waals surface area contributed by atoms with Crippen molar-refractivity contribution in [2.45, 2.75) is 39.3 Å². The second-order valence-electron chi connectivity index (χ2n) is 5.58. The first-order chi connectivity index (χ1) is 11.3. The lowest BCUT2D eigenvalue weighted by atomic mass is 10.1. The van der Waals surface area contributed by atoms with Crippen LogP contribution in [0.15, 0.2) is 51.6 Å². The molecule has 0 amide bonds. The third-order valence-electron chi connectivity index (χ3n) is 3.70. The van der Waals surface area contributed by atoms with E-state index in [4.69, 9.17) is 8.94 Å².